The maximum absolute atomic E-state index is 13.1. The van der Waals surface area contributed by atoms with E-state index in [1.807, 2.05) is 66.7 Å². The lowest BCUT2D eigenvalue weighted by Gasteiger charge is -2.33. The summed E-state index contributed by atoms with van der Waals surface area (Å²) in [5.41, 5.74) is 3.09. The second-order valence-corrected chi connectivity index (χ2v) is 8.47. The van der Waals surface area contributed by atoms with E-state index in [9.17, 15) is 9.46 Å². The minimum atomic E-state index is -3.96. The van der Waals surface area contributed by atoms with Crippen molar-refractivity contribution in [2.24, 2.45) is 0 Å². The Hall–Kier alpha value is -2.35. The second kappa shape index (κ2) is 5.59. The molecule has 3 nitrogen and oxygen atoms in total. The highest BCUT2D eigenvalue weighted by molar-refractivity contribution is 7.62. The highest BCUT2D eigenvalue weighted by Crippen LogP contribution is 2.54. The topological polar surface area (TPSA) is 46.5 Å². The number of fused-ring (bicyclic) bond motifs is 3. The van der Waals surface area contributed by atoms with Gasteiger partial charge in [-0.2, -0.15) is 0 Å². The molecule has 0 bridgehead atoms. The largest absolute Gasteiger partial charge is 0.421 e. The Labute approximate surface area is 147 Å². The molecule has 1 unspecified atom stereocenters. The second-order valence-electron chi connectivity index (χ2n) is 6.80. The number of benzene rings is 3. The third-order valence-electron chi connectivity index (χ3n) is 4.89. The minimum Gasteiger partial charge on any atom is -0.421 e. The molecule has 1 heterocycles. The summed E-state index contributed by atoms with van der Waals surface area (Å²) in [6, 6.07) is 23.2. The van der Waals surface area contributed by atoms with E-state index in [1.54, 1.807) is 6.07 Å². The van der Waals surface area contributed by atoms with Crippen LogP contribution in [-0.2, 0) is 9.98 Å². The van der Waals surface area contributed by atoms with E-state index in [0.717, 1.165) is 22.3 Å². The summed E-state index contributed by atoms with van der Waals surface area (Å²) in [5.74, 6) is 0.454. The predicted octanol–water partition coefficient (Wildman–Crippen LogP) is 4.88. The number of para-hydroxylation sites is 1. The van der Waals surface area contributed by atoms with Crippen molar-refractivity contribution in [3.63, 3.8) is 0 Å². The van der Waals surface area contributed by atoms with E-state index in [2.05, 4.69) is 13.8 Å². The Morgan fingerprint density at radius 3 is 2.24 bits per heavy atom. The molecule has 1 aliphatic heterocycles. The van der Waals surface area contributed by atoms with Crippen LogP contribution in [0, 0.1) is 0 Å². The van der Waals surface area contributed by atoms with Gasteiger partial charge in [-0.15, -0.1) is 0 Å². The summed E-state index contributed by atoms with van der Waals surface area (Å²) in [5, 5.41) is 0.405. The van der Waals surface area contributed by atoms with Crippen molar-refractivity contribution in [2.45, 2.75) is 19.3 Å². The normalized spacial score (nSPS) is 18.8. The lowest BCUT2D eigenvalue weighted by atomic mass is 9.77. The van der Waals surface area contributed by atoms with Crippen molar-refractivity contribution in [1.82, 2.24) is 0 Å². The first-order valence-electron chi connectivity index (χ1n) is 8.22. The van der Waals surface area contributed by atoms with Crippen molar-refractivity contribution >= 4 is 12.9 Å². The molecule has 0 spiro atoms. The molecule has 0 amide bonds. The highest BCUT2D eigenvalue weighted by atomic mass is 31.2. The third-order valence-corrected chi connectivity index (χ3v) is 6.38. The molecule has 0 aliphatic carbocycles. The molecule has 0 fully saturated rings. The SMILES string of the molecule is CC(C)(c1ccccc1)c1cccc2c1P(=O)(O)Oc1ccccc1-2. The Morgan fingerprint density at radius 1 is 0.840 bits per heavy atom. The zero-order valence-corrected chi connectivity index (χ0v) is 15.0. The van der Waals surface area contributed by atoms with Gasteiger partial charge in [-0.25, -0.2) is 4.57 Å². The van der Waals surface area contributed by atoms with Gasteiger partial charge in [0.2, 0.25) is 0 Å². The van der Waals surface area contributed by atoms with E-state index < -0.39 is 13.0 Å². The summed E-state index contributed by atoms with van der Waals surface area (Å²) in [7, 11) is -3.96. The van der Waals surface area contributed by atoms with Crippen molar-refractivity contribution in [3.8, 4) is 16.9 Å². The first kappa shape index (κ1) is 16.1. The summed E-state index contributed by atoms with van der Waals surface area (Å²) >= 11 is 0. The van der Waals surface area contributed by atoms with Crippen LogP contribution in [-0.4, -0.2) is 4.89 Å². The quantitative estimate of drug-likeness (QED) is 0.670. The fourth-order valence-corrected chi connectivity index (χ4v) is 5.20. The maximum atomic E-state index is 13.1. The maximum Gasteiger partial charge on any atom is 0.409 e. The molecule has 3 aromatic rings. The van der Waals surface area contributed by atoms with E-state index in [4.69, 9.17) is 4.52 Å². The molecule has 126 valence electrons. The summed E-state index contributed by atoms with van der Waals surface area (Å²) in [6.45, 7) is 4.14. The van der Waals surface area contributed by atoms with Crippen LogP contribution in [0.15, 0.2) is 72.8 Å². The van der Waals surface area contributed by atoms with Crippen molar-refractivity contribution in [3.05, 3.63) is 83.9 Å². The molecule has 25 heavy (non-hydrogen) atoms. The van der Waals surface area contributed by atoms with Gasteiger partial charge < -0.3 is 9.42 Å². The molecule has 1 aliphatic rings. The van der Waals surface area contributed by atoms with Crippen LogP contribution >= 0.6 is 7.60 Å². The van der Waals surface area contributed by atoms with Crippen LogP contribution in [0.25, 0.3) is 11.1 Å². The number of hydrogen-bond donors (Lipinski definition) is 1. The third kappa shape index (κ3) is 2.52. The molecule has 0 saturated heterocycles. The minimum absolute atomic E-state index is 0.405. The molecule has 4 rings (SSSR count). The standard InChI is InChI=1S/C21H19O3P/c1-21(2,15-9-4-3-5-10-15)18-13-8-12-17-16-11-6-7-14-19(16)24-25(22,23)20(17)18/h3-14H,1-2H3,(H,22,23). The van der Waals surface area contributed by atoms with Crippen LogP contribution < -0.4 is 9.83 Å². The van der Waals surface area contributed by atoms with Gasteiger partial charge in [-0.3, -0.25) is 0 Å². The predicted molar refractivity (Wildman–Crippen MR) is 101 cm³/mol. The van der Waals surface area contributed by atoms with Crippen molar-refractivity contribution < 1.29 is 14.0 Å². The molecule has 1 atom stereocenters. The average Bonchev–Trinajstić information content (AvgIpc) is 2.61. The van der Waals surface area contributed by atoms with Crippen molar-refractivity contribution in [2.75, 3.05) is 0 Å². The fraction of sp³-hybridized carbons (Fsp3) is 0.143. The van der Waals surface area contributed by atoms with Gasteiger partial charge in [0.25, 0.3) is 0 Å². The Kier molecular flexibility index (Phi) is 3.61. The van der Waals surface area contributed by atoms with Crippen LogP contribution in [0.1, 0.15) is 25.0 Å². The van der Waals surface area contributed by atoms with Gasteiger partial charge in [-0.1, -0.05) is 80.6 Å². The van der Waals surface area contributed by atoms with E-state index >= 15 is 0 Å². The molecular weight excluding hydrogens is 331 g/mol. The molecule has 0 saturated carbocycles. The first-order valence-corrected chi connectivity index (χ1v) is 9.80. The highest BCUT2D eigenvalue weighted by Gasteiger charge is 2.40. The lowest BCUT2D eigenvalue weighted by Crippen LogP contribution is -2.30. The van der Waals surface area contributed by atoms with Gasteiger partial charge in [0, 0.05) is 16.5 Å². The molecule has 0 aromatic heterocycles. The summed E-state index contributed by atoms with van der Waals surface area (Å²) < 4.78 is 18.6. The van der Waals surface area contributed by atoms with Crippen LogP contribution in [0.2, 0.25) is 0 Å². The Balaban J connectivity index is 2.02. The van der Waals surface area contributed by atoms with E-state index in [0.29, 0.717) is 11.1 Å². The average molecular weight is 350 g/mol. The van der Waals surface area contributed by atoms with Crippen LogP contribution in [0.4, 0.5) is 0 Å². The monoisotopic (exact) mass is 350 g/mol. The van der Waals surface area contributed by atoms with Gasteiger partial charge >= 0.3 is 7.60 Å². The zero-order chi connectivity index (χ0) is 17.7. The molecule has 1 N–H and O–H groups in total. The van der Waals surface area contributed by atoms with Crippen LogP contribution in [0.5, 0.6) is 5.75 Å². The van der Waals surface area contributed by atoms with Gasteiger partial charge in [0.1, 0.15) is 5.75 Å². The van der Waals surface area contributed by atoms with Crippen molar-refractivity contribution in [1.29, 1.82) is 0 Å². The van der Waals surface area contributed by atoms with E-state index in [1.165, 1.54) is 0 Å². The summed E-state index contributed by atoms with van der Waals surface area (Å²) in [4.78, 5) is 10.7. The van der Waals surface area contributed by atoms with Crippen LogP contribution in [0.3, 0.4) is 0 Å². The van der Waals surface area contributed by atoms with E-state index in [-0.39, 0.29) is 0 Å². The van der Waals surface area contributed by atoms with Gasteiger partial charge in [0.05, 0.1) is 5.30 Å². The number of hydrogen-bond acceptors (Lipinski definition) is 2. The number of rotatable bonds is 2. The van der Waals surface area contributed by atoms with Gasteiger partial charge in [-0.05, 0) is 17.2 Å². The molecule has 3 aromatic carbocycles. The Morgan fingerprint density at radius 2 is 1.48 bits per heavy atom. The Bertz CT molecular complexity index is 993. The fourth-order valence-electron chi connectivity index (χ4n) is 3.53. The first-order chi connectivity index (χ1) is 11.9. The molecule has 4 heteroatoms. The lowest BCUT2D eigenvalue weighted by molar-refractivity contribution is 0.391. The van der Waals surface area contributed by atoms with Gasteiger partial charge in [0.15, 0.2) is 0 Å². The summed E-state index contributed by atoms with van der Waals surface area (Å²) in [6.07, 6.45) is 0. The molecular formula is C21H19O3P. The zero-order valence-electron chi connectivity index (χ0n) is 14.1. The molecule has 0 radical (unpaired) electrons. The smallest absolute Gasteiger partial charge is 0.409 e.